The molecule has 1 heterocycles. The molecule has 140 valence electrons. The van der Waals surface area contributed by atoms with E-state index in [0.717, 1.165) is 16.7 Å². The van der Waals surface area contributed by atoms with Gasteiger partial charge in [-0.2, -0.15) is 0 Å². The number of nitrogens with zero attached hydrogens (tertiary/aromatic N) is 1. The molecule has 0 saturated carbocycles. The van der Waals surface area contributed by atoms with Crippen molar-refractivity contribution >= 4 is 29.0 Å². The Bertz CT molecular complexity index is 938. The molecule has 2 aromatic carbocycles. The number of aryl methyl sites for hydroxylation is 2. The second-order valence-electron chi connectivity index (χ2n) is 6.55. The fourth-order valence-corrected chi connectivity index (χ4v) is 3.68. The van der Waals surface area contributed by atoms with Crippen molar-refractivity contribution in [1.29, 1.82) is 0 Å². The lowest BCUT2D eigenvalue weighted by Crippen LogP contribution is -2.48. The number of carbonyl (C=O) groups excluding carboxylic acids is 1. The molecule has 3 rings (SSSR count). The highest BCUT2D eigenvalue weighted by molar-refractivity contribution is 7.80. The molecule has 1 aliphatic rings. The van der Waals surface area contributed by atoms with Crippen LogP contribution in [-0.4, -0.2) is 18.2 Å². The van der Waals surface area contributed by atoms with Gasteiger partial charge in [0, 0.05) is 11.4 Å². The lowest BCUT2D eigenvalue weighted by Gasteiger charge is -2.38. The van der Waals surface area contributed by atoms with Crippen LogP contribution in [0.2, 0.25) is 0 Å². The molecule has 1 atom stereocenters. The first-order valence-corrected chi connectivity index (χ1v) is 8.96. The van der Waals surface area contributed by atoms with Crippen molar-refractivity contribution in [2.45, 2.75) is 26.8 Å². The first-order chi connectivity index (χ1) is 12.8. The minimum atomic E-state index is -0.430. The number of thiocarbonyl (C=S) groups is 1. The molecule has 2 aromatic rings. The fraction of sp³-hybridized carbons (Fsp3) is 0.238. The van der Waals surface area contributed by atoms with Crippen molar-refractivity contribution in [1.82, 2.24) is 5.32 Å². The van der Waals surface area contributed by atoms with Crippen molar-refractivity contribution in [3.63, 3.8) is 0 Å². The fourth-order valence-electron chi connectivity index (χ4n) is 3.32. The van der Waals surface area contributed by atoms with Gasteiger partial charge in [0.05, 0.1) is 18.7 Å². The summed E-state index contributed by atoms with van der Waals surface area (Å²) in [6.07, 6.45) is 0. The lowest BCUT2D eigenvalue weighted by atomic mass is 9.91. The molecule has 0 amide bonds. The average molecular weight is 384 g/mol. The Morgan fingerprint density at radius 1 is 1.15 bits per heavy atom. The van der Waals surface area contributed by atoms with Crippen LogP contribution < -0.4 is 10.2 Å². The molecular weight excluding hydrogens is 363 g/mol. The van der Waals surface area contributed by atoms with Crippen molar-refractivity contribution in [2.75, 3.05) is 12.0 Å². The number of rotatable bonds is 3. The van der Waals surface area contributed by atoms with Gasteiger partial charge in [-0.05, 0) is 68.4 Å². The van der Waals surface area contributed by atoms with Crippen LogP contribution in [0.15, 0.2) is 53.7 Å². The number of benzene rings is 2. The molecule has 1 N–H and O–H groups in total. The predicted octanol–water partition coefficient (Wildman–Crippen LogP) is 4.33. The zero-order valence-electron chi connectivity index (χ0n) is 15.7. The van der Waals surface area contributed by atoms with E-state index < -0.39 is 12.0 Å². The van der Waals surface area contributed by atoms with Crippen LogP contribution in [-0.2, 0) is 9.53 Å². The van der Waals surface area contributed by atoms with Crippen LogP contribution in [0.5, 0.6) is 0 Å². The molecule has 27 heavy (non-hydrogen) atoms. The summed E-state index contributed by atoms with van der Waals surface area (Å²) in [5.41, 5.74) is 4.91. The van der Waals surface area contributed by atoms with Crippen molar-refractivity contribution in [2.24, 2.45) is 0 Å². The summed E-state index contributed by atoms with van der Waals surface area (Å²) in [7, 11) is 1.36. The molecule has 0 radical (unpaired) electrons. The Labute approximate surface area is 163 Å². The molecule has 0 fully saturated rings. The van der Waals surface area contributed by atoms with Crippen LogP contribution >= 0.6 is 12.2 Å². The summed E-state index contributed by atoms with van der Waals surface area (Å²) in [4.78, 5) is 14.4. The molecule has 0 saturated heterocycles. The van der Waals surface area contributed by atoms with E-state index in [4.69, 9.17) is 17.0 Å². The third-order valence-corrected chi connectivity index (χ3v) is 5.02. The van der Waals surface area contributed by atoms with Gasteiger partial charge in [0.2, 0.25) is 0 Å². The lowest BCUT2D eigenvalue weighted by molar-refractivity contribution is -0.136. The Balaban J connectivity index is 2.17. The third-order valence-electron chi connectivity index (χ3n) is 4.72. The van der Waals surface area contributed by atoms with Gasteiger partial charge in [0.1, 0.15) is 5.82 Å². The van der Waals surface area contributed by atoms with Gasteiger partial charge in [0.25, 0.3) is 0 Å². The summed E-state index contributed by atoms with van der Waals surface area (Å²) in [6, 6.07) is 11.6. The normalized spacial score (nSPS) is 17.0. The second kappa shape index (κ2) is 7.48. The highest BCUT2D eigenvalue weighted by atomic mass is 32.1. The zero-order chi connectivity index (χ0) is 19.7. The van der Waals surface area contributed by atoms with Crippen LogP contribution in [0.1, 0.15) is 29.7 Å². The molecule has 0 bridgehead atoms. The number of hydrogen-bond acceptors (Lipinski definition) is 3. The Morgan fingerprint density at radius 2 is 1.81 bits per heavy atom. The molecular formula is C21H21FN2O2S. The van der Waals surface area contributed by atoms with Crippen molar-refractivity contribution < 1.29 is 13.9 Å². The van der Waals surface area contributed by atoms with Gasteiger partial charge in [-0.3, -0.25) is 4.90 Å². The first kappa shape index (κ1) is 19.0. The third kappa shape index (κ3) is 3.57. The van der Waals surface area contributed by atoms with E-state index in [2.05, 4.69) is 5.32 Å². The number of hydrogen-bond donors (Lipinski definition) is 1. The molecule has 6 heteroatoms. The first-order valence-electron chi connectivity index (χ1n) is 8.56. The van der Waals surface area contributed by atoms with E-state index in [1.807, 2.05) is 39.0 Å². The van der Waals surface area contributed by atoms with Crippen molar-refractivity contribution in [3.05, 3.63) is 76.2 Å². The molecule has 4 nitrogen and oxygen atoms in total. The van der Waals surface area contributed by atoms with Crippen molar-refractivity contribution in [3.8, 4) is 0 Å². The van der Waals surface area contributed by atoms with Crippen LogP contribution in [0.25, 0.3) is 0 Å². The summed E-state index contributed by atoms with van der Waals surface area (Å²) >= 11 is 5.58. The Kier molecular flexibility index (Phi) is 5.28. The smallest absolute Gasteiger partial charge is 0.337 e. The maximum Gasteiger partial charge on any atom is 0.337 e. The molecule has 0 aliphatic carbocycles. The van der Waals surface area contributed by atoms with E-state index in [1.165, 1.54) is 19.2 Å². The monoisotopic (exact) mass is 384 g/mol. The van der Waals surface area contributed by atoms with E-state index in [1.54, 1.807) is 17.0 Å². The Morgan fingerprint density at radius 3 is 2.44 bits per heavy atom. The summed E-state index contributed by atoms with van der Waals surface area (Å²) in [5.74, 6) is -0.766. The quantitative estimate of drug-likeness (QED) is 0.630. The van der Waals surface area contributed by atoms with E-state index in [0.29, 0.717) is 22.1 Å². The summed E-state index contributed by atoms with van der Waals surface area (Å²) < 4.78 is 18.4. The maximum atomic E-state index is 13.3. The number of esters is 1. The SMILES string of the molecule is COC(=O)C1=C(C)N(c2ccc(F)cc2)C(=S)N[C@H]1c1cc(C)ccc1C. The van der Waals surface area contributed by atoms with Gasteiger partial charge in [-0.25, -0.2) is 9.18 Å². The standard InChI is InChI=1S/C21H21FN2O2S/c1-12-5-6-13(2)17(11-12)19-18(20(25)26-4)14(3)24(21(27)23-19)16-9-7-15(22)8-10-16/h5-11,19H,1-4H3,(H,23,27)/t19-/m0/s1. The van der Waals surface area contributed by atoms with Gasteiger partial charge < -0.3 is 10.1 Å². The average Bonchev–Trinajstić information content (AvgIpc) is 2.64. The van der Waals surface area contributed by atoms with Crippen LogP contribution in [0.4, 0.5) is 10.1 Å². The number of anilines is 1. The van der Waals surface area contributed by atoms with Gasteiger partial charge in [-0.15, -0.1) is 0 Å². The predicted molar refractivity (Wildman–Crippen MR) is 108 cm³/mol. The molecule has 0 aromatic heterocycles. The number of nitrogens with one attached hydrogen (secondary N) is 1. The van der Waals surface area contributed by atoms with Crippen LogP contribution in [0, 0.1) is 19.7 Å². The number of halogens is 1. The second-order valence-corrected chi connectivity index (χ2v) is 6.93. The highest BCUT2D eigenvalue weighted by Crippen LogP contribution is 2.35. The van der Waals surface area contributed by atoms with E-state index >= 15 is 0 Å². The summed E-state index contributed by atoms with van der Waals surface area (Å²) in [6.45, 7) is 5.82. The minimum Gasteiger partial charge on any atom is -0.466 e. The number of allylic oxidation sites excluding steroid dienone is 1. The number of ether oxygens (including phenoxy) is 1. The van der Waals surface area contributed by atoms with Gasteiger partial charge >= 0.3 is 5.97 Å². The summed E-state index contributed by atoms with van der Waals surface area (Å²) in [5, 5.41) is 3.71. The maximum absolute atomic E-state index is 13.3. The zero-order valence-corrected chi connectivity index (χ0v) is 16.5. The largest absolute Gasteiger partial charge is 0.466 e. The number of carbonyl (C=O) groups is 1. The molecule has 0 unspecified atom stereocenters. The molecule has 0 spiro atoms. The van der Waals surface area contributed by atoms with Gasteiger partial charge in [-0.1, -0.05) is 23.8 Å². The molecule has 1 aliphatic heterocycles. The van der Waals surface area contributed by atoms with Crippen LogP contribution in [0.3, 0.4) is 0 Å². The highest BCUT2D eigenvalue weighted by Gasteiger charge is 2.35. The van der Waals surface area contributed by atoms with E-state index in [-0.39, 0.29) is 5.82 Å². The topological polar surface area (TPSA) is 41.6 Å². The number of methoxy groups -OCH3 is 1. The minimum absolute atomic E-state index is 0.335. The van der Waals surface area contributed by atoms with Gasteiger partial charge in [0.15, 0.2) is 5.11 Å². The Hall–Kier alpha value is -2.73. The van der Waals surface area contributed by atoms with E-state index in [9.17, 15) is 9.18 Å².